The van der Waals surface area contributed by atoms with Crippen molar-refractivity contribution in [2.45, 2.75) is 116 Å². The maximum Gasteiger partial charge on any atom is 0.243 e. The Kier molecular flexibility index (Phi) is 15.7. The topological polar surface area (TPSA) is 146 Å². The van der Waals surface area contributed by atoms with E-state index in [9.17, 15) is 24.3 Å². The van der Waals surface area contributed by atoms with Crippen molar-refractivity contribution < 1.29 is 24.3 Å². The van der Waals surface area contributed by atoms with Gasteiger partial charge in [-0.1, -0.05) is 69.9 Å². The summed E-state index contributed by atoms with van der Waals surface area (Å²) in [6.07, 6.45) is 13.3. The standard InChI is InChI=1S/C35H54N6O5/c1-26(2)22-30(39-35(46)32-17-13-20-41(32)27(3)43)34(45)38-31(33(44)37-18-21-42)23-29-24-36-25-40(29)19-12-7-5-4-6-9-14-28-15-10-8-11-16-28/h8,10-11,15-16,24-26,30-32,42H,4-7,9,12-14,17-23H2,1-3H3,(H,37,44)(H,38,45)(H,39,46)/t30-,31-,32-/m0/s1. The van der Waals surface area contributed by atoms with E-state index in [0.29, 0.717) is 19.4 Å². The second-order valence-electron chi connectivity index (χ2n) is 12.8. The number of rotatable bonds is 20. The molecule has 3 rings (SSSR count). The van der Waals surface area contributed by atoms with Crippen LogP contribution in [0.5, 0.6) is 0 Å². The highest BCUT2D eigenvalue weighted by Crippen LogP contribution is 2.18. The molecule has 4 N–H and O–H groups in total. The summed E-state index contributed by atoms with van der Waals surface area (Å²) in [4.78, 5) is 57.8. The molecule has 1 aromatic carbocycles. The number of carbonyl (C=O) groups is 4. The summed E-state index contributed by atoms with van der Waals surface area (Å²) in [7, 11) is 0. The van der Waals surface area contributed by atoms with Crippen LogP contribution in [0.25, 0.3) is 0 Å². The van der Waals surface area contributed by atoms with Gasteiger partial charge in [-0.05, 0) is 50.0 Å². The number of aromatic nitrogens is 2. The van der Waals surface area contributed by atoms with Crippen molar-refractivity contribution in [1.29, 1.82) is 0 Å². The van der Waals surface area contributed by atoms with E-state index in [0.717, 1.165) is 44.3 Å². The summed E-state index contributed by atoms with van der Waals surface area (Å²) in [6.45, 7) is 6.47. The average molecular weight is 639 g/mol. The molecular weight excluding hydrogens is 584 g/mol. The van der Waals surface area contributed by atoms with Crippen molar-refractivity contribution in [2.75, 3.05) is 19.7 Å². The Labute approximate surface area is 273 Å². The lowest BCUT2D eigenvalue weighted by atomic mass is 10.0. The van der Waals surface area contributed by atoms with Gasteiger partial charge in [-0.25, -0.2) is 4.98 Å². The van der Waals surface area contributed by atoms with Crippen LogP contribution in [0.1, 0.15) is 89.8 Å². The molecule has 1 aliphatic rings. The molecule has 1 fully saturated rings. The number of hydrogen-bond donors (Lipinski definition) is 4. The molecule has 3 atom stereocenters. The van der Waals surface area contributed by atoms with Crippen LogP contribution in [0.2, 0.25) is 0 Å². The minimum absolute atomic E-state index is 0.0601. The molecule has 46 heavy (non-hydrogen) atoms. The Morgan fingerprint density at radius 1 is 0.957 bits per heavy atom. The van der Waals surface area contributed by atoms with Gasteiger partial charge in [0.2, 0.25) is 23.6 Å². The predicted molar refractivity (Wildman–Crippen MR) is 178 cm³/mol. The third-order valence-corrected chi connectivity index (χ3v) is 8.51. The van der Waals surface area contributed by atoms with E-state index in [-0.39, 0.29) is 37.3 Å². The summed E-state index contributed by atoms with van der Waals surface area (Å²) >= 11 is 0. The zero-order chi connectivity index (χ0) is 33.3. The third kappa shape index (κ3) is 12.2. The van der Waals surface area contributed by atoms with Gasteiger partial charge in [-0.15, -0.1) is 0 Å². The maximum absolute atomic E-state index is 13.6. The summed E-state index contributed by atoms with van der Waals surface area (Å²) in [5.74, 6) is -1.31. The summed E-state index contributed by atoms with van der Waals surface area (Å²) in [5.41, 5.74) is 2.21. The SMILES string of the molecule is CC(=O)N1CCC[C@H]1C(=O)N[C@@H](CC(C)C)C(=O)N[C@@H](Cc1cncn1CCCCCCCCc1ccccc1)C(=O)NCCO. The van der Waals surface area contributed by atoms with E-state index in [2.05, 4.69) is 45.2 Å². The van der Waals surface area contributed by atoms with Crippen molar-refractivity contribution >= 4 is 23.6 Å². The van der Waals surface area contributed by atoms with Crippen molar-refractivity contribution in [3.05, 3.63) is 54.1 Å². The molecule has 11 heteroatoms. The van der Waals surface area contributed by atoms with Crippen LogP contribution in [-0.4, -0.2) is 81.0 Å². The van der Waals surface area contributed by atoms with Gasteiger partial charge in [0.05, 0.1) is 12.9 Å². The number of benzene rings is 1. The first-order chi connectivity index (χ1) is 22.2. The molecule has 0 radical (unpaired) electrons. The van der Waals surface area contributed by atoms with Gasteiger partial charge >= 0.3 is 0 Å². The van der Waals surface area contributed by atoms with Gasteiger partial charge in [-0.2, -0.15) is 0 Å². The fraction of sp³-hybridized carbons (Fsp3) is 0.629. The highest BCUT2D eigenvalue weighted by atomic mass is 16.3. The lowest BCUT2D eigenvalue weighted by Gasteiger charge is -2.27. The first-order valence-corrected chi connectivity index (χ1v) is 17.0. The first-order valence-electron chi connectivity index (χ1n) is 17.0. The highest BCUT2D eigenvalue weighted by molar-refractivity contribution is 5.94. The first kappa shape index (κ1) is 36.7. The second-order valence-corrected chi connectivity index (χ2v) is 12.8. The number of aliphatic hydroxyl groups excluding tert-OH is 1. The van der Waals surface area contributed by atoms with E-state index < -0.39 is 29.9 Å². The number of hydrogen-bond acceptors (Lipinski definition) is 6. The molecule has 1 aliphatic heterocycles. The molecular formula is C35H54N6O5. The van der Waals surface area contributed by atoms with Crippen molar-refractivity contribution in [2.24, 2.45) is 5.92 Å². The summed E-state index contributed by atoms with van der Waals surface area (Å²) in [5, 5.41) is 17.7. The summed E-state index contributed by atoms with van der Waals surface area (Å²) in [6, 6.07) is 8.18. The van der Waals surface area contributed by atoms with Crippen molar-refractivity contribution in [3.63, 3.8) is 0 Å². The number of amides is 4. The van der Waals surface area contributed by atoms with Gasteiger partial charge < -0.3 is 30.5 Å². The predicted octanol–water partition coefficient (Wildman–Crippen LogP) is 3.14. The molecule has 0 aliphatic carbocycles. The van der Waals surface area contributed by atoms with Crippen LogP contribution in [0.3, 0.4) is 0 Å². The number of aliphatic hydroxyl groups is 1. The van der Waals surface area contributed by atoms with Crippen LogP contribution < -0.4 is 16.0 Å². The lowest BCUT2D eigenvalue weighted by molar-refractivity contribution is -0.138. The Morgan fingerprint density at radius 2 is 1.67 bits per heavy atom. The van der Waals surface area contributed by atoms with Crippen molar-refractivity contribution in [3.8, 4) is 0 Å². The molecule has 0 saturated carbocycles. The molecule has 254 valence electrons. The normalized spacial score (nSPS) is 15.8. The Balaban J connectivity index is 1.55. The fourth-order valence-corrected chi connectivity index (χ4v) is 6.06. The van der Waals surface area contributed by atoms with Crippen LogP contribution >= 0.6 is 0 Å². The molecule has 4 amide bonds. The monoisotopic (exact) mass is 638 g/mol. The van der Waals surface area contributed by atoms with E-state index >= 15 is 0 Å². The van der Waals surface area contributed by atoms with Gasteiger partial charge in [0.15, 0.2) is 0 Å². The smallest absolute Gasteiger partial charge is 0.243 e. The highest BCUT2D eigenvalue weighted by Gasteiger charge is 2.35. The van der Waals surface area contributed by atoms with E-state index in [1.807, 2.05) is 24.5 Å². The largest absolute Gasteiger partial charge is 0.395 e. The van der Waals surface area contributed by atoms with Gasteiger partial charge in [0, 0.05) is 44.9 Å². The number of aryl methyl sites for hydroxylation is 2. The van der Waals surface area contributed by atoms with E-state index in [4.69, 9.17) is 0 Å². The zero-order valence-electron chi connectivity index (χ0n) is 27.9. The lowest BCUT2D eigenvalue weighted by Crippen LogP contribution is -2.57. The Morgan fingerprint density at radius 3 is 2.37 bits per heavy atom. The number of nitrogens with zero attached hydrogens (tertiary/aromatic N) is 3. The maximum atomic E-state index is 13.6. The van der Waals surface area contributed by atoms with Crippen LogP contribution in [0.4, 0.5) is 0 Å². The minimum atomic E-state index is -0.925. The number of imidazole rings is 1. The van der Waals surface area contributed by atoms with Crippen LogP contribution in [0.15, 0.2) is 42.9 Å². The molecule has 1 aromatic heterocycles. The minimum Gasteiger partial charge on any atom is -0.395 e. The van der Waals surface area contributed by atoms with Gasteiger partial charge in [0.25, 0.3) is 0 Å². The molecule has 11 nitrogen and oxygen atoms in total. The molecule has 2 aromatic rings. The number of nitrogens with one attached hydrogen (secondary N) is 3. The molecule has 0 unspecified atom stereocenters. The molecule has 1 saturated heterocycles. The Bertz CT molecular complexity index is 1230. The van der Waals surface area contributed by atoms with Crippen LogP contribution in [0, 0.1) is 5.92 Å². The number of likely N-dealkylation sites (tertiary alicyclic amines) is 1. The fourth-order valence-electron chi connectivity index (χ4n) is 6.06. The van der Waals surface area contributed by atoms with E-state index in [1.165, 1.54) is 36.6 Å². The van der Waals surface area contributed by atoms with Crippen molar-refractivity contribution in [1.82, 2.24) is 30.4 Å². The molecule has 0 bridgehead atoms. The average Bonchev–Trinajstić information content (AvgIpc) is 3.71. The Hall–Kier alpha value is -3.73. The second kappa shape index (κ2) is 19.7. The summed E-state index contributed by atoms with van der Waals surface area (Å²) < 4.78 is 2.03. The molecule has 0 spiro atoms. The van der Waals surface area contributed by atoms with E-state index in [1.54, 1.807) is 12.5 Å². The quantitative estimate of drug-likeness (QED) is 0.164. The third-order valence-electron chi connectivity index (χ3n) is 8.51. The number of unbranched alkanes of at least 4 members (excludes halogenated alkanes) is 5. The van der Waals surface area contributed by atoms with Crippen LogP contribution in [-0.2, 0) is 38.6 Å². The zero-order valence-corrected chi connectivity index (χ0v) is 27.9. The van der Waals surface area contributed by atoms with Gasteiger partial charge in [-0.3, -0.25) is 19.2 Å². The van der Waals surface area contributed by atoms with Gasteiger partial charge in [0.1, 0.15) is 18.1 Å². The number of carbonyl (C=O) groups excluding carboxylic acids is 4. The molecule has 2 heterocycles.